The Morgan fingerprint density at radius 3 is 2.43 bits per heavy atom. The van der Waals surface area contributed by atoms with Gasteiger partial charge in [0, 0.05) is 25.5 Å². The van der Waals surface area contributed by atoms with Gasteiger partial charge >= 0.3 is 5.69 Å². The van der Waals surface area contributed by atoms with Gasteiger partial charge in [-0.15, -0.1) is 0 Å². The van der Waals surface area contributed by atoms with Crippen molar-refractivity contribution in [2.75, 3.05) is 6.54 Å². The van der Waals surface area contributed by atoms with E-state index in [1.807, 2.05) is 12.4 Å². The summed E-state index contributed by atoms with van der Waals surface area (Å²) in [5.41, 5.74) is 5.49. The number of imidazole rings is 1. The smallest absolute Gasteiger partial charge is 0.328 e. The molecule has 4 nitrogen and oxygen atoms in total. The molecule has 1 aromatic heterocycles. The molecule has 2 N–H and O–H groups in total. The van der Waals surface area contributed by atoms with Gasteiger partial charge in [0.2, 0.25) is 0 Å². The van der Waals surface area contributed by atoms with Crippen molar-refractivity contribution in [2.24, 2.45) is 5.73 Å². The van der Waals surface area contributed by atoms with Gasteiger partial charge in [-0.2, -0.15) is 0 Å². The van der Waals surface area contributed by atoms with Crippen LogP contribution in [0.15, 0.2) is 17.2 Å². The fourth-order valence-corrected chi connectivity index (χ4v) is 1.46. The van der Waals surface area contributed by atoms with Crippen LogP contribution in [0, 0.1) is 0 Å². The van der Waals surface area contributed by atoms with Gasteiger partial charge < -0.3 is 5.73 Å². The quantitative estimate of drug-likeness (QED) is 0.686. The lowest BCUT2D eigenvalue weighted by Gasteiger charge is -2.00. The number of nitrogens with zero attached hydrogens (tertiary/aromatic N) is 2. The first-order valence-electron chi connectivity index (χ1n) is 5.25. The molecule has 0 aliphatic rings. The molecule has 0 radical (unpaired) electrons. The van der Waals surface area contributed by atoms with Crippen LogP contribution >= 0.6 is 0 Å². The van der Waals surface area contributed by atoms with E-state index < -0.39 is 0 Å². The fourth-order valence-electron chi connectivity index (χ4n) is 1.46. The second-order valence-electron chi connectivity index (χ2n) is 3.46. The average Bonchev–Trinajstić information content (AvgIpc) is 2.51. The zero-order chi connectivity index (χ0) is 10.4. The van der Waals surface area contributed by atoms with Crippen LogP contribution in [0.25, 0.3) is 0 Å². The van der Waals surface area contributed by atoms with E-state index in [1.165, 1.54) is 0 Å². The van der Waals surface area contributed by atoms with Crippen molar-refractivity contribution in [2.45, 2.75) is 39.3 Å². The Hall–Kier alpha value is -1.03. The second kappa shape index (κ2) is 5.65. The van der Waals surface area contributed by atoms with Crippen LogP contribution in [-0.4, -0.2) is 15.7 Å². The van der Waals surface area contributed by atoms with Crippen molar-refractivity contribution >= 4 is 0 Å². The predicted molar refractivity (Wildman–Crippen MR) is 57.3 cm³/mol. The summed E-state index contributed by atoms with van der Waals surface area (Å²) in [5, 5.41) is 0. The minimum atomic E-state index is 0.101. The summed E-state index contributed by atoms with van der Waals surface area (Å²) in [7, 11) is 0. The predicted octanol–water partition coefficient (Wildman–Crippen LogP) is 0.799. The van der Waals surface area contributed by atoms with Crippen molar-refractivity contribution in [3.8, 4) is 0 Å². The molecule has 0 fully saturated rings. The molecular formula is C10H19N3O. The van der Waals surface area contributed by atoms with E-state index >= 15 is 0 Å². The van der Waals surface area contributed by atoms with E-state index in [0.29, 0.717) is 6.54 Å². The zero-order valence-corrected chi connectivity index (χ0v) is 8.78. The van der Waals surface area contributed by atoms with E-state index in [9.17, 15) is 4.79 Å². The molecule has 1 aromatic rings. The zero-order valence-electron chi connectivity index (χ0n) is 8.78. The van der Waals surface area contributed by atoms with Gasteiger partial charge in [-0.1, -0.05) is 6.92 Å². The maximum atomic E-state index is 11.6. The van der Waals surface area contributed by atoms with Gasteiger partial charge in [-0.3, -0.25) is 9.13 Å². The highest BCUT2D eigenvalue weighted by molar-refractivity contribution is 4.81. The maximum absolute atomic E-state index is 11.6. The number of hydrogen-bond acceptors (Lipinski definition) is 2. The molecule has 0 bridgehead atoms. The molecule has 0 unspecified atom stereocenters. The summed E-state index contributed by atoms with van der Waals surface area (Å²) in [6, 6.07) is 0. The lowest BCUT2D eigenvalue weighted by Crippen LogP contribution is -2.24. The Kier molecular flexibility index (Phi) is 4.46. The SMILES string of the molecule is CCCn1ccn(CCCCN)c1=O. The first kappa shape index (κ1) is 11.0. The molecule has 0 spiro atoms. The van der Waals surface area contributed by atoms with Crippen LogP contribution in [0.5, 0.6) is 0 Å². The van der Waals surface area contributed by atoms with E-state index in [4.69, 9.17) is 5.73 Å². The molecule has 0 aliphatic carbocycles. The Balaban J connectivity index is 2.56. The first-order valence-corrected chi connectivity index (χ1v) is 5.25. The second-order valence-corrected chi connectivity index (χ2v) is 3.46. The lowest BCUT2D eigenvalue weighted by atomic mass is 10.3. The number of unbranched alkanes of at least 4 members (excludes halogenated alkanes) is 1. The van der Waals surface area contributed by atoms with Crippen molar-refractivity contribution in [3.05, 3.63) is 22.9 Å². The summed E-state index contributed by atoms with van der Waals surface area (Å²) in [6.07, 6.45) is 6.66. The van der Waals surface area contributed by atoms with E-state index in [1.54, 1.807) is 9.13 Å². The molecule has 80 valence electrons. The Morgan fingerprint density at radius 2 is 1.86 bits per heavy atom. The van der Waals surface area contributed by atoms with E-state index in [0.717, 1.165) is 32.4 Å². The molecule has 1 rings (SSSR count). The first-order chi connectivity index (χ1) is 6.79. The largest absolute Gasteiger partial charge is 0.330 e. The van der Waals surface area contributed by atoms with Gasteiger partial charge in [-0.05, 0) is 25.8 Å². The summed E-state index contributed by atoms with van der Waals surface area (Å²) < 4.78 is 3.51. The van der Waals surface area contributed by atoms with Crippen LogP contribution in [0.1, 0.15) is 26.2 Å². The van der Waals surface area contributed by atoms with Crippen molar-refractivity contribution in [1.29, 1.82) is 0 Å². The topological polar surface area (TPSA) is 52.9 Å². The summed E-state index contributed by atoms with van der Waals surface area (Å²) in [6.45, 7) is 4.36. The third-order valence-electron chi connectivity index (χ3n) is 2.24. The van der Waals surface area contributed by atoms with Crippen molar-refractivity contribution in [1.82, 2.24) is 9.13 Å². The third-order valence-corrected chi connectivity index (χ3v) is 2.24. The summed E-state index contributed by atoms with van der Waals surface area (Å²) in [5.74, 6) is 0. The number of aromatic nitrogens is 2. The molecule has 14 heavy (non-hydrogen) atoms. The maximum Gasteiger partial charge on any atom is 0.328 e. The van der Waals surface area contributed by atoms with Gasteiger partial charge in [0.05, 0.1) is 0 Å². The summed E-state index contributed by atoms with van der Waals surface area (Å²) >= 11 is 0. The van der Waals surface area contributed by atoms with E-state index in [-0.39, 0.29) is 5.69 Å². The number of hydrogen-bond donors (Lipinski definition) is 1. The minimum Gasteiger partial charge on any atom is -0.330 e. The van der Waals surface area contributed by atoms with Gasteiger partial charge in [0.1, 0.15) is 0 Å². The van der Waals surface area contributed by atoms with Gasteiger partial charge in [0.25, 0.3) is 0 Å². The minimum absolute atomic E-state index is 0.101. The lowest BCUT2D eigenvalue weighted by molar-refractivity contribution is 0.568. The van der Waals surface area contributed by atoms with Crippen LogP contribution in [-0.2, 0) is 13.1 Å². The van der Waals surface area contributed by atoms with Crippen LogP contribution in [0.3, 0.4) is 0 Å². The van der Waals surface area contributed by atoms with Crippen LogP contribution < -0.4 is 11.4 Å². The highest BCUT2D eigenvalue weighted by Gasteiger charge is 2.00. The molecular weight excluding hydrogens is 178 g/mol. The number of aryl methyl sites for hydroxylation is 2. The highest BCUT2D eigenvalue weighted by atomic mass is 16.1. The van der Waals surface area contributed by atoms with Crippen LogP contribution in [0.2, 0.25) is 0 Å². The van der Waals surface area contributed by atoms with E-state index in [2.05, 4.69) is 6.92 Å². The van der Waals surface area contributed by atoms with Gasteiger partial charge in [0.15, 0.2) is 0 Å². The number of rotatable bonds is 6. The fraction of sp³-hybridized carbons (Fsp3) is 0.700. The van der Waals surface area contributed by atoms with Crippen LogP contribution in [0.4, 0.5) is 0 Å². The molecule has 0 saturated heterocycles. The Bertz CT molecular complexity index is 313. The number of nitrogens with two attached hydrogens (primary N) is 1. The monoisotopic (exact) mass is 197 g/mol. The average molecular weight is 197 g/mol. The van der Waals surface area contributed by atoms with Crippen molar-refractivity contribution in [3.63, 3.8) is 0 Å². The molecule has 4 heteroatoms. The highest BCUT2D eigenvalue weighted by Crippen LogP contribution is 1.93. The molecule has 0 aromatic carbocycles. The Labute approximate surface area is 84.3 Å². The van der Waals surface area contributed by atoms with Gasteiger partial charge in [-0.25, -0.2) is 4.79 Å². The summed E-state index contributed by atoms with van der Waals surface area (Å²) in [4.78, 5) is 11.6. The normalized spacial score (nSPS) is 10.7. The standard InChI is InChI=1S/C10H19N3O/c1-2-6-12-8-9-13(10(12)14)7-4-3-5-11/h8-9H,2-7,11H2,1H3. The molecule has 0 aliphatic heterocycles. The molecule has 0 amide bonds. The third kappa shape index (κ3) is 2.73. The Morgan fingerprint density at radius 1 is 1.21 bits per heavy atom. The molecule has 1 heterocycles. The molecule has 0 atom stereocenters. The molecule has 0 saturated carbocycles. The van der Waals surface area contributed by atoms with Crippen molar-refractivity contribution < 1.29 is 0 Å².